The van der Waals surface area contributed by atoms with Crippen LogP contribution in [0.25, 0.3) is 11.2 Å². The summed E-state index contributed by atoms with van der Waals surface area (Å²) in [5.41, 5.74) is 0.0571. The second kappa shape index (κ2) is 6.65. The molecule has 0 spiro atoms. The molecule has 24 heavy (non-hydrogen) atoms. The molecular formula is C17H23N5O2. The molecule has 3 heterocycles. The van der Waals surface area contributed by atoms with Crippen molar-refractivity contribution in [2.75, 3.05) is 19.6 Å². The first kappa shape index (κ1) is 16.5. The highest BCUT2D eigenvalue weighted by molar-refractivity contribution is 5.71. The maximum Gasteiger partial charge on any atom is 0.332 e. The van der Waals surface area contributed by atoms with E-state index >= 15 is 0 Å². The number of hydrogen-bond acceptors (Lipinski definition) is 4. The van der Waals surface area contributed by atoms with E-state index in [1.54, 1.807) is 18.7 Å². The van der Waals surface area contributed by atoms with Crippen molar-refractivity contribution in [3.63, 3.8) is 0 Å². The molecule has 0 radical (unpaired) electrons. The van der Waals surface area contributed by atoms with Crippen LogP contribution in [0.2, 0.25) is 0 Å². The van der Waals surface area contributed by atoms with Gasteiger partial charge in [-0.2, -0.15) is 0 Å². The van der Waals surface area contributed by atoms with E-state index in [-0.39, 0.29) is 11.2 Å². The Bertz CT molecular complexity index is 930. The minimum Gasteiger partial charge on any atom is -0.315 e. The van der Waals surface area contributed by atoms with Crippen molar-refractivity contribution in [3.8, 4) is 11.8 Å². The lowest BCUT2D eigenvalue weighted by atomic mass is 10.2. The summed E-state index contributed by atoms with van der Waals surface area (Å²) in [7, 11) is 4.85. The fourth-order valence-corrected chi connectivity index (χ4v) is 3.15. The van der Waals surface area contributed by atoms with Crippen LogP contribution >= 0.6 is 0 Å². The van der Waals surface area contributed by atoms with Gasteiger partial charge in [0.05, 0.1) is 6.54 Å². The van der Waals surface area contributed by atoms with Crippen molar-refractivity contribution in [1.29, 1.82) is 0 Å². The molecule has 0 amide bonds. The lowest BCUT2D eigenvalue weighted by Crippen LogP contribution is -2.37. The van der Waals surface area contributed by atoms with Crippen molar-refractivity contribution in [2.45, 2.75) is 25.7 Å². The molecule has 0 aliphatic carbocycles. The summed E-state index contributed by atoms with van der Waals surface area (Å²) in [6, 6.07) is 0. The molecule has 1 saturated heterocycles. The van der Waals surface area contributed by atoms with Crippen LogP contribution in [0.1, 0.15) is 31.5 Å². The SMILES string of the molecule is Cn1c(=O)c2c(nc(C#CCN3CCCCCC3)n2C)n(C)c1=O. The molecule has 0 aromatic carbocycles. The zero-order valence-electron chi connectivity index (χ0n) is 14.5. The van der Waals surface area contributed by atoms with Gasteiger partial charge in [0.2, 0.25) is 0 Å². The first-order valence-corrected chi connectivity index (χ1v) is 8.34. The Morgan fingerprint density at radius 1 is 0.958 bits per heavy atom. The molecule has 7 nitrogen and oxygen atoms in total. The number of likely N-dealkylation sites (tertiary alicyclic amines) is 1. The molecule has 7 heteroatoms. The monoisotopic (exact) mass is 329 g/mol. The van der Waals surface area contributed by atoms with Gasteiger partial charge in [-0.25, -0.2) is 9.78 Å². The van der Waals surface area contributed by atoms with Crippen LogP contribution in [0.5, 0.6) is 0 Å². The van der Waals surface area contributed by atoms with Crippen molar-refractivity contribution in [1.82, 2.24) is 23.6 Å². The zero-order valence-corrected chi connectivity index (χ0v) is 14.5. The van der Waals surface area contributed by atoms with Gasteiger partial charge < -0.3 is 4.57 Å². The minimum atomic E-state index is -0.380. The second-order valence-electron chi connectivity index (χ2n) is 6.36. The predicted octanol–water partition coefficient (Wildman–Crippen LogP) is 0.198. The number of nitrogens with zero attached hydrogens (tertiary/aromatic N) is 5. The van der Waals surface area contributed by atoms with Crippen molar-refractivity contribution in [3.05, 3.63) is 26.7 Å². The molecular weight excluding hydrogens is 306 g/mol. The molecule has 3 rings (SSSR count). The van der Waals surface area contributed by atoms with Crippen LogP contribution in [0, 0.1) is 11.8 Å². The Morgan fingerprint density at radius 3 is 2.29 bits per heavy atom. The number of hydrogen-bond donors (Lipinski definition) is 0. The number of fused-ring (bicyclic) bond motifs is 1. The molecule has 0 saturated carbocycles. The Hall–Kier alpha value is -2.33. The Kier molecular flexibility index (Phi) is 4.58. The quantitative estimate of drug-likeness (QED) is 0.701. The van der Waals surface area contributed by atoms with E-state index < -0.39 is 0 Å². The third-order valence-electron chi connectivity index (χ3n) is 4.68. The lowest BCUT2D eigenvalue weighted by molar-refractivity contribution is 0.320. The average Bonchev–Trinajstić information content (AvgIpc) is 2.76. The summed E-state index contributed by atoms with van der Waals surface area (Å²) in [4.78, 5) is 31.1. The van der Waals surface area contributed by atoms with Crippen molar-refractivity contribution < 1.29 is 0 Å². The van der Waals surface area contributed by atoms with E-state index in [1.165, 1.54) is 37.3 Å². The van der Waals surface area contributed by atoms with E-state index in [4.69, 9.17) is 0 Å². The highest BCUT2D eigenvalue weighted by atomic mass is 16.2. The van der Waals surface area contributed by atoms with Crippen LogP contribution in [-0.2, 0) is 21.1 Å². The third-order valence-corrected chi connectivity index (χ3v) is 4.68. The first-order valence-electron chi connectivity index (χ1n) is 8.34. The van der Waals surface area contributed by atoms with Gasteiger partial charge in [0.15, 0.2) is 17.0 Å². The van der Waals surface area contributed by atoms with E-state index in [9.17, 15) is 9.59 Å². The summed E-state index contributed by atoms with van der Waals surface area (Å²) in [6.45, 7) is 2.89. The summed E-state index contributed by atoms with van der Waals surface area (Å²) < 4.78 is 4.15. The number of aryl methyl sites for hydroxylation is 2. The zero-order chi connectivity index (χ0) is 17.3. The molecule has 1 fully saturated rings. The van der Waals surface area contributed by atoms with Gasteiger partial charge in [-0.05, 0) is 31.9 Å². The topological polar surface area (TPSA) is 65.1 Å². The highest BCUT2D eigenvalue weighted by Crippen LogP contribution is 2.09. The standard InChI is InChI=1S/C17H23N5O2/c1-19-13(9-8-12-22-10-6-4-5-7-11-22)18-15-14(19)16(23)21(3)17(24)20(15)2/h4-7,10-12H2,1-3H3. The molecule has 128 valence electrons. The maximum atomic E-state index is 12.3. The molecule has 2 aromatic heterocycles. The fraction of sp³-hybridized carbons (Fsp3) is 0.588. The van der Waals surface area contributed by atoms with Gasteiger partial charge in [-0.1, -0.05) is 18.8 Å². The summed E-state index contributed by atoms with van der Waals surface area (Å²) >= 11 is 0. The van der Waals surface area contributed by atoms with E-state index in [0.717, 1.165) is 17.7 Å². The average molecular weight is 329 g/mol. The molecule has 1 aliphatic heterocycles. The Labute approximate surface area is 140 Å². The largest absolute Gasteiger partial charge is 0.332 e. The number of aromatic nitrogens is 4. The summed E-state index contributed by atoms with van der Waals surface area (Å²) in [5, 5.41) is 0. The molecule has 0 unspecified atom stereocenters. The maximum absolute atomic E-state index is 12.3. The van der Waals surface area contributed by atoms with Crippen LogP contribution in [-0.4, -0.2) is 43.2 Å². The van der Waals surface area contributed by atoms with Gasteiger partial charge in [-0.3, -0.25) is 18.8 Å². The van der Waals surface area contributed by atoms with Gasteiger partial charge in [-0.15, -0.1) is 0 Å². The van der Waals surface area contributed by atoms with Crippen molar-refractivity contribution in [2.24, 2.45) is 21.1 Å². The van der Waals surface area contributed by atoms with E-state index in [0.29, 0.717) is 23.5 Å². The van der Waals surface area contributed by atoms with E-state index in [2.05, 4.69) is 21.7 Å². The summed E-state index contributed by atoms with van der Waals surface area (Å²) in [5.74, 6) is 6.74. The smallest absolute Gasteiger partial charge is 0.315 e. The Balaban J connectivity index is 1.94. The summed E-state index contributed by atoms with van der Waals surface area (Å²) in [6.07, 6.45) is 5.05. The molecule has 1 aliphatic rings. The van der Waals surface area contributed by atoms with Crippen LogP contribution in [0.4, 0.5) is 0 Å². The minimum absolute atomic E-state index is 0.344. The number of imidazole rings is 1. The van der Waals surface area contributed by atoms with Crippen LogP contribution < -0.4 is 11.2 Å². The normalized spacial score (nSPS) is 16.0. The van der Waals surface area contributed by atoms with Crippen molar-refractivity contribution >= 4 is 11.2 Å². The fourth-order valence-electron chi connectivity index (χ4n) is 3.15. The highest BCUT2D eigenvalue weighted by Gasteiger charge is 2.15. The van der Waals surface area contributed by atoms with Gasteiger partial charge in [0.1, 0.15) is 0 Å². The van der Waals surface area contributed by atoms with E-state index in [1.807, 2.05) is 0 Å². The lowest BCUT2D eigenvalue weighted by Gasteiger charge is -2.15. The molecule has 0 N–H and O–H groups in total. The van der Waals surface area contributed by atoms with Crippen LogP contribution in [0.15, 0.2) is 9.59 Å². The van der Waals surface area contributed by atoms with Gasteiger partial charge in [0, 0.05) is 21.1 Å². The van der Waals surface area contributed by atoms with Crippen LogP contribution in [0.3, 0.4) is 0 Å². The second-order valence-corrected chi connectivity index (χ2v) is 6.36. The van der Waals surface area contributed by atoms with Gasteiger partial charge in [0.25, 0.3) is 5.56 Å². The molecule has 0 atom stereocenters. The van der Waals surface area contributed by atoms with Gasteiger partial charge >= 0.3 is 5.69 Å². The molecule has 2 aromatic rings. The third kappa shape index (κ3) is 2.89. The molecule has 0 bridgehead atoms. The number of rotatable bonds is 1. The predicted molar refractivity (Wildman–Crippen MR) is 93.0 cm³/mol. The Morgan fingerprint density at radius 2 is 1.62 bits per heavy atom. The first-order chi connectivity index (χ1) is 11.5.